The second-order valence-electron chi connectivity index (χ2n) is 9.54. The van der Waals surface area contributed by atoms with Gasteiger partial charge < -0.3 is 37.5 Å². The topological polar surface area (TPSA) is 149 Å². The first-order valence-corrected chi connectivity index (χ1v) is 14.0. The van der Waals surface area contributed by atoms with Gasteiger partial charge in [-0.2, -0.15) is 0 Å². The largest absolute Gasteiger partial charge is 0.457 e. The van der Waals surface area contributed by atoms with E-state index in [0.29, 0.717) is 64.2 Å². The molecular weight excluding hydrogens is 562 g/mol. The molecule has 43 heavy (non-hydrogen) atoms. The minimum absolute atomic E-state index is 0.157. The summed E-state index contributed by atoms with van der Waals surface area (Å²) in [7, 11) is 0. The lowest BCUT2D eigenvalue weighted by Crippen LogP contribution is -2.37. The summed E-state index contributed by atoms with van der Waals surface area (Å²) in [4.78, 5) is 26.2. The zero-order valence-corrected chi connectivity index (χ0v) is 23.6. The highest BCUT2D eigenvalue weighted by Crippen LogP contribution is 2.30. The molecule has 13 heteroatoms. The fourth-order valence-corrected chi connectivity index (χ4v) is 4.57. The van der Waals surface area contributed by atoms with E-state index in [0.717, 1.165) is 16.2 Å². The number of furan rings is 1. The molecule has 5 rings (SSSR count). The fraction of sp³-hybridized carbons (Fsp3) is 0.400. The number of carbonyl (C=O) groups is 1. The summed E-state index contributed by atoms with van der Waals surface area (Å²) >= 11 is 0. The number of nitrogens with zero attached hydrogens (tertiary/aromatic N) is 3. The van der Waals surface area contributed by atoms with Gasteiger partial charge >= 0.3 is 5.69 Å². The van der Waals surface area contributed by atoms with E-state index in [1.165, 1.54) is 11.0 Å². The maximum absolute atomic E-state index is 13.5. The smallest absolute Gasteiger partial charge is 0.348 e. The Bertz CT molecular complexity index is 1530. The summed E-state index contributed by atoms with van der Waals surface area (Å²) in [5, 5.41) is 18.9. The van der Waals surface area contributed by atoms with Crippen molar-refractivity contribution in [1.29, 1.82) is 0 Å². The van der Waals surface area contributed by atoms with E-state index in [-0.39, 0.29) is 32.1 Å². The van der Waals surface area contributed by atoms with Gasteiger partial charge in [0.25, 0.3) is 5.91 Å². The highest BCUT2D eigenvalue weighted by molar-refractivity contribution is 6.06. The molecule has 0 radical (unpaired) electrons. The second-order valence-corrected chi connectivity index (χ2v) is 9.54. The quantitative estimate of drug-likeness (QED) is 0.247. The summed E-state index contributed by atoms with van der Waals surface area (Å²) in [6.07, 6.45) is 2.92. The molecule has 0 spiro atoms. The van der Waals surface area contributed by atoms with Crippen LogP contribution in [0.4, 0.5) is 5.69 Å². The third-order valence-electron chi connectivity index (χ3n) is 6.71. The van der Waals surface area contributed by atoms with Gasteiger partial charge in [0.1, 0.15) is 11.3 Å². The van der Waals surface area contributed by atoms with Gasteiger partial charge in [0.05, 0.1) is 71.0 Å². The average molecular weight is 596 g/mol. The molecule has 0 unspecified atom stereocenters. The molecule has 0 bridgehead atoms. The molecule has 3 heterocycles. The number of nitro groups is 1. The number of rotatable bonds is 4. The second kappa shape index (κ2) is 15.4. The number of hydrogen-bond donors (Lipinski definition) is 0. The monoisotopic (exact) mass is 595 g/mol. The Hall–Kier alpha value is -4.14. The molecule has 13 nitrogen and oxygen atoms in total. The van der Waals surface area contributed by atoms with Gasteiger partial charge in [-0.05, 0) is 35.1 Å². The molecule has 0 aliphatic carbocycles. The van der Waals surface area contributed by atoms with Crippen LogP contribution in [0.25, 0.3) is 33.9 Å². The summed E-state index contributed by atoms with van der Waals surface area (Å²) in [6, 6.07) is 13.6. The zero-order chi connectivity index (χ0) is 29.9. The van der Waals surface area contributed by atoms with Gasteiger partial charge in [0.2, 0.25) is 11.5 Å². The van der Waals surface area contributed by atoms with Crippen molar-refractivity contribution in [2.45, 2.75) is 0 Å². The number of hydrogen-bond acceptors (Lipinski definition) is 11. The maximum atomic E-state index is 13.5. The zero-order valence-electron chi connectivity index (χ0n) is 23.6. The van der Waals surface area contributed by atoms with Crippen molar-refractivity contribution in [3.8, 4) is 0 Å². The number of amides is 1. The summed E-state index contributed by atoms with van der Waals surface area (Å²) in [6.45, 7) is 3.81. The molecule has 4 aromatic rings. The van der Waals surface area contributed by atoms with E-state index in [2.05, 4.69) is 5.16 Å². The first-order chi connectivity index (χ1) is 21.1. The SMILES string of the molecule is O=C(c1noc(/C=C/c2cc3c(ccc4ccccc43)o2)c1[N+](=O)[O-])N1CCOCCOCCOCCOCCOCC1. The Morgan fingerprint density at radius 1 is 0.791 bits per heavy atom. The van der Waals surface area contributed by atoms with Crippen LogP contribution in [-0.2, 0) is 23.7 Å². The van der Waals surface area contributed by atoms with Crippen LogP contribution in [0.3, 0.4) is 0 Å². The van der Waals surface area contributed by atoms with Gasteiger partial charge in [-0.1, -0.05) is 35.5 Å². The maximum Gasteiger partial charge on any atom is 0.348 e. The van der Waals surface area contributed by atoms with Crippen LogP contribution >= 0.6 is 0 Å². The van der Waals surface area contributed by atoms with Gasteiger partial charge in [0, 0.05) is 18.5 Å². The Labute approximate surface area is 247 Å². The Morgan fingerprint density at radius 2 is 1.40 bits per heavy atom. The third kappa shape index (κ3) is 8.03. The average Bonchev–Trinajstić information content (AvgIpc) is 3.64. The lowest BCUT2D eigenvalue weighted by atomic mass is 10.1. The van der Waals surface area contributed by atoms with Gasteiger partial charge in [-0.25, -0.2) is 0 Å². The van der Waals surface area contributed by atoms with E-state index in [1.807, 2.05) is 42.5 Å². The summed E-state index contributed by atoms with van der Waals surface area (Å²) < 4.78 is 38.7. The van der Waals surface area contributed by atoms with Crippen LogP contribution in [0, 0.1) is 10.1 Å². The number of fused-ring (bicyclic) bond motifs is 3. The molecule has 1 amide bonds. The van der Waals surface area contributed by atoms with Crippen LogP contribution < -0.4 is 0 Å². The minimum atomic E-state index is -0.677. The van der Waals surface area contributed by atoms with E-state index in [4.69, 9.17) is 32.6 Å². The van der Waals surface area contributed by atoms with E-state index < -0.39 is 22.2 Å². The molecule has 228 valence electrons. The van der Waals surface area contributed by atoms with Crippen molar-refractivity contribution in [3.63, 3.8) is 0 Å². The molecule has 1 aliphatic rings. The standard InChI is InChI=1S/C30H33N3O10/c34-30(32-9-11-37-13-15-39-17-19-41-20-18-40-16-14-38-12-10-32)28-29(33(35)36)27(43-31-28)8-6-23-21-25-24-4-2-1-3-22(24)5-7-26(25)42-23/h1-8,21H,9-20H2/b8-6+. The van der Waals surface area contributed by atoms with Crippen molar-refractivity contribution in [3.05, 3.63) is 69.8 Å². The number of aromatic nitrogens is 1. The molecular formula is C30H33N3O10. The van der Waals surface area contributed by atoms with E-state index in [9.17, 15) is 14.9 Å². The molecule has 1 fully saturated rings. The Balaban J connectivity index is 1.30. The van der Waals surface area contributed by atoms with Crippen LogP contribution in [-0.4, -0.2) is 100 Å². The molecule has 1 saturated heterocycles. The Morgan fingerprint density at radius 3 is 2.02 bits per heavy atom. The first kappa shape index (κ1) is 30.3. The lowest BCUT2D eigenvalue weighted by molar-refractivity contribution is -0.385. The predicted molar refractivity (Wildman–Crippen MR) is 156 cm³/mol. The molecule has 0 N–H and O–H groups in total. The highest BCUT2D eigenvalue weighted by atomic mass is 16.6. The van der Waals surface area contributed by atoms with E-state index >= 15 is 0 Å². The van der Waals surface area contributed by atoms with Crippen LogP contribution in [0.15, 0.2) is 51.4 Å². The fourth-order valence-electron chi connectivity index (χ4n) is 4.57. The van der Waals surface area contributed by atoms with Gasteiger partial charge in [-0.3, -0.25) is 14.9 Å². The van der Waals surface area contributed by atoms with Crippen LogP contribution in [0.5, 0.6) is 0 Å². The lowest BCUT2D eigenvalue weighted by Gasteiger charge is -2.21. The van der Waals surface area contributed by atoms with Crippen LogP contribution in [0.2, 0.25) is 0 Å². The number of ether oxygens (including phenoxy) is 5. The normalized spacial score (nSPS) is 17.3. The van der Waals surface area contributed by atoms with Gasteiger partial charge in [-0.15, -0.1) is 0 Å². The molecule has 2 aromatic carbocycles. The van der Waals surface area contributed by atoms with Crippen molar-refractivity contribution >= 4 is 45.5 Å². The summed E-state index contributed by atoms with van der Waals surface area (Å²) in [5.74, 6) is -0.380. The first-order valence-electron chi connectivity index (χ1n) is 14.0. The van der Waals surface area contributed by atoms with Crippen molar-refractivity contribution in [2.75, 3.05) is 79.2 Å². The molecule has 0 saturated carbocycles. The number of carbonyl (C=O) groups excluding carboxylic acids is 1. The number of benzene rings is 2. The van der Waals surface area contributed by atoms with Crippen molar-refractivity contribution in [1.82, 2.24) is 10.1 Å². The highest BCUT2D eigenvalue weighted by Gasteiger charge is 2.33. The molecule has 1 aliphatic heterocycles. The van der Waals surface area contributed by atoms with Gasteiger partial charge in [0.15, 0.2) is 0 Å². The van der Waals surface area contributed by atoms with Crippen LogP contribution in [0.1, 0.15) is 22.0 Å². The Kier molecular flexibility index (Phi) is 10.8. The predicted octanol–water partition coefficient (Wildman–Crippen LogP) is 4.19. The third-order valence-corrected chi connectivity index (χ3v) is 6.71. The molecule has 2 aromatic heterocycles. The van der Waals surface area contributed by atoms with Crippen molar-refractivity contribution in [2.24, 2.45) is 0 Å². The molecule has 0 atom stereocenters. The van der Waals surface area contributed by atoms with Crippen molar-refractivity contribution < 1.29 is 42.3 Å². The summed E-state index contributed by atoms with van der Waals surface area (Å²) in [5.41, 5.74) is -0.265. The van der Waals surface area contributed by atoms with E-state index in [1.54, 1.807) is 6.08 Å². The minimum Gasteiger partial charge on any atom is -0.457 e.